The van der Waals surface area contributed by atoms with E-state index in [2.05, 4.69) is 39.6 Å². The molecular weight excluding hydrogens is 117 g/mol. The molecule has 0 saturated carbocycles. The van der Waals surface area contributed by atoms with E-state index in [1.807, 2.05) is 0 Å². The molecule has 0 aromatic carbocycles. The fourth-order valence-corrected chi connectivity index (χ4v) is 0.512. The van der Waals surface area contributed by atoms with Crippen LogP contribution in [-0.2, 0) is 0 Å². The van der Waals surface area contributed by atoms with Crippen molar-refractivity contribution in [1.29, 1.82) is 0 Å². The molecule has 0 radical (unpaired) electrons. The van der Waals surface area contributed by atoms with Crippen LogP contribution in [0.4, 0.5) is 0 Å². The van der Waals surface area contributed by atoms with Gasteiger partial charge in [-0.15, -0.1) is 0 Å². The minimum absolute atomic E-state index is 0.470. The van der Waals surface area contributed by atoms with Crippen LogP contribution in [0.15, 0.2) is 0 Å². The molecule has 3 heteroatoms. The van der Waals surface area contributed by atoms with E-state index in [1.54, 1.807) is 0 Å². The summed E-state index contributed by atoms with van der Waals surface area (Å²) in [4.78, 5) is 0. The van der Waals surface area contributed by atoms with Crippen molar-refractivity contribution in [2.45, 2.75) is 25.0 Å². The van der Waals surface area contributed by atoms with E-state index in [0.29, 0.717) is 11.2 Å². The van der Waals surface area contributed by atoms with Gasteiger partial charge in [-0.1, -0.05) is 13.8 Å². The number of rotatable bonds is 3. The van der Waals surface area contributed by atoms with E-state index in [-0.39, 0.29) is 0 Å². The minimum atomic E-state index is 0.470. The number of thiol groups is 1. The summed E-state index contributed by atoms with van der Waals surface area (Å²) < 4.78 is 0. The van der Waals surface area contributed by atoms with Crippen LogP contribution in [0.3, 0.4) is 0 Å². The van der Waals surface area contributed by atoms with E-state index in [9.17, 15) is 0 Å². The summed E-state index contributed by atoms with van der Waals surface area (Å²) >= 11 is 4.21. The Hall–Kier alpha value is 0.375. The van der Waals surface area contributed by atoms with Crippen molar-refractivity contribution in [1.82, 2.24) is 5.32 Å². The largest absolute Gasteiger partial charge is 0.321 e. The van der Waals surface area contributed by atoms with Gasteiger partial charge in [-0.3, -0.25) is 0 Å². The molecule has 0 aliphatic rings. The van der Waals surface area contributed by atoms with Gasteiger partial charge in [0.1, 0.15) is 7.85 Å². The van der Waals surface area contributed by atoms with Crippen molar-refractivity contribution in [3.8, 4) is 0 Å². The average Bonchev–Trinajstić information content (AvgIpc) is 1.61. The smallest absolute Gasteiger partial charge is 0.123 e. The molecular formula is C5H14BNS. The first-order chi connectivity index (χ1) is 3.63. The lowest BCUT2D eigenvalue weighted by Crippen LogP contribution is -2.30. The van der Waals surface area contributed by atoms with Crippen LogP contribution < -0.4 is 5.32 Å². The van der Waals surface area contributed by atoms with Gasteiger partial charge in [-0.25, -0.2) is 0 Å². The zero-order chi connectivity index (χ0) is 6.57. The van der Waals surface area contributed by atoms with Crippen molar-refractivity contribution in [2.75, 3.05) is 6.54 Å². The molecule has 1 N–H and O–H groups in total. The lowest BCUT2D eigenvalue weighted by molar-refractivity contribution is 0.673. The van der Waals surface area contributed by atoms with Crippen molar-refractivity contribution < 1.29 is 0 Å². The minimum Gasteiger partial charge on any atom is -0.321 e. The van der Waals surface area contributed by atoms with Crippen molar-refractivity contribution in [2.24, 2.45) is 0 Å². The second-order valence-corrected chi connectivity index (χ2v) is 3.29. The first kappa shape index (κ1) is 8.37. The molecule has 2 unspecified atom stereocenters. The molecule has 0 aliphatic heterocycles. The van der Waals surface area contributed by atoms with Gasteiger partial charge in [0.2, 0.25) is 0 Å². The third-order valence-electron chi connectivity index (χ3n) is 0.822. The molecule has 0 bridgehead atoms. The second-order valence-electron chi connectivity index (χ2n) is 2.41. The first-order valence-corrected chi connectivity index (χ1v) is 3.56. The quantitative estimate of drug-likeness (QED) is 0.401. The van der Waals surface area contributed by atoms with Gasteiger partial charge in [0.05, 0.1) is 0 Å². The van der Waals surface area contributed by atoms with Gasteiger partial charge in [0, 0.05) is 11.8 Å². The Kier molecular flexibility index (Phi) is 4.47. The third-order valence-corrected chi connectivity index (χ3v) is 1.00. The molecule has 0 aromatic heterocycles. The Morgan fingerprint density at radius 3 is 2.25 bits per heavy atom. The number of hydrogen-bond donors (Lipinski definition) is 2. The van der Waals surface area contributed by atoms with Crippen LogP contribution in [0.2, 0.25) is 0 Å². The summed E-state index contributed by atoms with van der Waals surface area (Å²) in [6.45, 7) is 5.22. The van der Waals surface area contributed by atoms with Crippen LogP contribution in [0.5, 0.6) is 0 Å². The fourth-order valence-electron chi connectivity index (χ4n) is 0.406. The van der Waals surface area contributed by atoms with Crippen molar-refractivity contribution >= 4 is 20.5 Å². The molecule has 0 heterocycles. The highest BCUT2D eigenvalue weighted by molar-refractivity contribution is 7.80. The van der Waals surface area contributed by atoms with E-state index in [1.165, 1.54) is 0 Å². The molecule has 0 fully saturated rings. The average molecular weight is 131 g/mol. The highest BCUT2D eigenvalue weighted by atomic mass is 32.1. The maximum absolute atomic E-state index is 4.21. The van der Waals surface area contributed by atoms with Crippen LogP contribution in [0, 0.1) is 0 Å². The van der Waals surface area contributed by atoms with E-state index in [4.69, 9.17) is 0 Å². The standard InChI is InChI=1S/C5H14BNS/c1-4(8)3-7-5(2)6/h4-5,7-8H,3,6H2,1-2H3. The summed E-state index contributed by atoms with van der Waals surface area (Å²) in [5, 5.41) is 3.74. The summed E-state index contributed by atoms with van der Waals surface area (Å²) in [6.07, 6.45) is 0. The lowest BCUT2D eigenvalue weighted by Gasteiger charge is -2.08. The predicted octanol–water partition coefficient (Wildman–Crippen LogP) is -0.127. The Bertz CT molecular complexity index is 48.4. The fraction of sp³-hybridized carbons (Fsp3) is 1.00. The Morgan fingerprint density at radius 2 is 2.12 bits per heavy atom. The summed E-state index contributed by atoms with van der Waals surface area (Å²) in [5.41, 5.74) is 0. The molecule has 0 saturated heterocycles. The van der Waals surface area contributed by atoms with Crippen LogP contribution in [0.25, 0.3) is 0 Å². The van der Waals surface area contributed by atoms with Crippen LogP contribution >= 0.6 is 12.6 Å². The normalized spacial score (nSPS) is 17.9. The summed E-state index contributed by atoms with van der Waals surface area (Å²) in [5.74, 6) is 0.588. The number of nitrogens with one attached hydrogen (secondary N) is 1. The zero-order valence-electron chi connectivity index (χ0n) is 5.81. The SMILES string of the molecule is BC(C)NCC(C)S. The van der Waals surface area contributed by atoms with Gasteiger partial charge >= 0.3 is 0 Å². The summed E-state index contributed by atoms with van der Waals surface area (Å²) in [7, 11) is 2.14. The topological polar surface area (TPSA) is 12.0 Å². The van der Waals surface area contributed by atoms with Crippen molar-refractivity contribution in [3.63, 3.8) is 0 Å². The maximum atomic E-state index is 4.21. The Balaban J connectivity index is 2.93. The summed E-state index contributed by atoms with van der Waals surface area (Å²) in [6, 6.07) is 0. The molecule has 48 valence electrons. The number of hydrogen-bond acceptors (Lipinski definition) is 2. The Morgan fingerprint density at radius 1 is 1.62 bits per heavy atom. The molecule has 0 aromatic rings. The monoisotopic (exact) mass is 131 g/mol. The van der Waals surface area contributed by atoms with E-state index < -0.39 is 0 Å². The molecule has 1 nitrogen and oxygen atoms in total. The van der Waals surface area contributed by atoms with Crippen molar-refractivity contribution in [3.05, 3.63) is 0 Å². The van der Waals surface area contributed by atoms with Gasteiger partial charge in [-0.2, -0.15) is 12.6 Å². The first-order valence-electron chi connectivity index (χ1n) is 3.04. The van der Waals surface area contributed by atoms with Crippen LogP contribution in [-0.4, -0.2) is 25.6 Å². The molecule has 0 aliphatic carbocycles. The van der Waals surface area contributed by atoms with Gasteiger partial charge in [-0.05, 0) is 5.94 Å². The van der Waals surface area contributed by atoms with E-state index >= 15 is 0 Å². The van der Waals surface area contributed by atoms with E-state index in [0.717, 1.165) is 6.54 Å². The Labute approximate surface area is 58.1 Å². The van der Waals surface area contributed by atoms with Gasteiger partial charge in [0.15, 0.2) is 0 Å². The molecule has 2 atom stereocenters. The highest BCUT2D eigenvalue weighted by Crippen LogP contribution is 1.88. The highest BCUT2D eigenvalue weighted by Gasteiger charge is 1.94. The molecule has 0 rings (SSSR count). The molecule has 8 heavy (non-hydrogen) atoms. The second kappa shape index (κ2) is 4.27. The maximum Gasteiger partial charge on any atom is 0.123 e. The zero-order valence-corrected chi connectivity index (χ0v) is 6.70. The van der Waals surface area contributed by atoms with Gasteiger partial charge < -0.3 is 5.32 Å². The third kappa shape index (κ3) is 6.37. The predicted molar refractivity (Wildman–Crippen MR) is 44.5 cm³/mol. The lowest BCUT2D eigenvalue weighted by atomic mass is 9.99. The van der Waals surface area contributed by atoms with Crippen LogP contribution in [0.1, 0.15) is 13.8 Å². The van der Waals surface area contributed by atoms with Gasteiger partial charge in [0.25, 0.3) is 0 Å². The molecule has 0 amide bonds. The molecule has 0 spiro atoms.